The number of likely N-dealkylation sites (tertiary alicyclic amines) is 1. The second kappa shape index (κ2) is 7.61. The molecule has 2 heterocycles. The summed E-state index contributed by atoms with van der Waals surface area (Å²) in [7, 11) is 0. The van der Waals surface area contributed by atoms with Crippen LogP contribution in [0.2, 0.25) is 0 Å². The highest BCUT2D eigenvalue weighted by Crippen LogP contribution is 2.32. The van der Waals surface area contributed by atoms with Gasteiger partial charge >= 0.3 is 6.18 Å². The molecule has 1 aliphatic rings. The fourth-order valence-corrected chi connectivity index (χ4v) is 3.71. The van der Waals surface area contributed by atoms with Gasteiger partial charge in [0, 0.05) is 18.5 Å². The number of carbonyl (C=O) groups is 1. The van der Waals surface area contributed by atoms with Crippen LogP contribution in [0.25, 0.3) is 0 Å². The lowest BCUT2D eigenvalue weighted by Gasteiger charge is -2.31. The molecule has 1 aromatic rings. The van der Waals surface area contributed by atoms with Crippen molar-refractivity contribution in [3.8, 4) is 0 Å². The van der Waals surface area contributed by atoms with Crippen molar-refractivity contribution in [2.75, 3.05) is 19.6 Å². The molecule has 0 unspecified atom stereocenters. The lowest BCUT2D eigenvalue weighted by molar-refractivity contribution is -0.141. The average molecular weight is 349 g/mol. The van der Waals surface area contributed by atoms with E-state index in [0.717, 1.165) is 42.6 Å². The van der Waals surface area contributed by atoms with Crippen LogP contribution in [-0.2, 0) is 11.0 Å². The second-order valence-corrected chi connectivity index (χ2v) is 6.89. The molecule has 0 radical (unpaired) electrons. The number of nitrogens with zero attached hydrogens (tertiary/aromatic N) is 2. The highest BCUT2D eigenvalue weighted by Gasteiger charge is 2.34. The standard InChI is InChI=1S/C15H22F3N3OS/c1-3-11(14-20-12(9-23-14)15(16,17)18)19-7-13(22)21-6-4-5-10(2)8-21/h9-11,19H,3-8H2,1-2H3/t10-,11-/m0/s1. The number of piperidine rings is 1. The Morgan fingerprint density at radius 1 is 1.57 bits per heavy atom. The summed E-state index contributed by atoms with van der Waals surface area (Å²) in [6, 6.07) is -0.331. The van der Waals surface area contributed by atoms with Gasteiger partial charge in [0.2, 0.25) is 5.91 Å². The maximum Gasteiger partial charge on any atom is 0.434 e. The van der Waals surface area contributed by atoms with Crippen LogP contribution >= 0.6 is 11.3 Å². The number of halogens is 3. The van der Waals surface area contributed by atoms with Crippen molar-refractivity contribution in [1.29, 1.82) is 0 Å². The van der Waals surface area contributed by atoms with Crippen LogP contribution in [-0.4, -0.2) is 35.4 Å². The van der Waals surface area contributed by atoms with Crippen molar-refractivity contribution in [3.05, 3.63) is 16.1 Å². The molecule has 2 atom stereocenters. The number of hydrogen-bond acceptors (Lipinski definition) is 4. The first-order valence-electron chi connectivity index (χ1n) is 7.85. The Kier molecular flexibility index (Phi) is 6.02. The summed E-state index contributed by atoms with van der Waals surface area (Å²) >= 11 is 0.978. The van der Waals surface area contributed by atoms with Gasteiger partial charge in [-0.15, -0.1) is 11.3 Å². The molecule has 1 saturated heterocycles. The summed E-state index contributed by atoms with van der Waals surface area (Å²) < 4.78 is 37.9. The van der Waals surface area contributed by atoms with Gasteiger partial charge in [0.1, 0.15) is 5.01 Å². The molecule has 1 fully saturated rings. The fraction of sp³-hybridized carbons (Fsp3) is 0.733. The molecule has 1 amide bonds. The predicted molar refractivity (Wildman–Crippen MR) is 83.1 cm³/mol. The van der Waals surface area contributed by atoms with Crippen molar-refractivity contribution in [2.45, 2.75) is 45.3 Å². The van der Waals surface area contributed by atoms with Crippen LogP contribution in [0.4, 0.5) is 13.2 Å². The first-order valence-corrected chi connectivity index (χ1v) is 8.73. The van der Waals surface area contributed by atoms with Gasteiger partial charge in [-0.25, -0.2) is 4.98 Å². The van der Waals surface area contributed by atoms with Crippen molar-refractivity contribution >= 4 is 17.2 Å². The van der Waals surface area contributed by atoms with E-state index in [4.69, 9.17) is 0 Å². The zero-order valence-electron chi connectivity index (χ0n) is 13.3. The Bertz CT molecular complexity index is 532. The molecular formula is C15H22F3N3OS. The van der Waals surface area contributed by atoms with E-state index in [0.29, 0.717) is 17.3 Å². The van der Waals surface area contributed by atoms with E-state index in [9.17, 15) is 18.0 Å². The number of alkyl halides is 3. The SMILES string of the molecule is CC[C@H](NCC(=O)N1CCC[C@H](C)C1)c1nc(C(F)(F)F)cs1. The van der Waals surface area contributed by atoms with Crippen molar-refractivity contribution in [2.24, 2.45) is 5.92 Å². The Morgan fingerprint density at radius 3 is 2.87 bits per heavy atom. The number of hydrogen-bond donors (Lipinski definition) is 1. The minimum absolute atomic E-state index is 0.00241. The molecule has 23 heavy (non-hydrogen) atoms. The van der Waals surface area contributed by atoms with Crippen molar-refractivity contribution in [1.82, 2.24) is 15.2 Å². The van der Waals surface area contributed by atoms with E-state index in [1.54, 1.807) is 0 Å². The first kappa shape index (κ1) is 18.2. The van der Waals surface area contributed by atoms with E-state index in [-0.39, 0.29) is 18.5 Å². The molecule has 0 aliphatic carbocycles. The number of nitrogens with one attached hydrogen (secondary N) is 1. The first-order chi connectivity index (χ1) is 10.8. The summed E-state index contributed by atoms with van der Waals surface area (Å²) in [4.78, 5) is 17.7. The predicted octanol–water partition coefficient (Wildman–Crippen LogP) is 3.46. The van der Waals surface area contributed by atoms with Gasteiger partial charge in [-0.1, -0.05) is 13.8 Å². The molecule has 1 aliphatic heterocycles. The molecule has 0 aromatic carbocycles. The molecule has 4 nitrogen and oxygen atoms in total. The summed E-state index contributed by atoms with van der Waals surface area (Å²) in [5.74, 6) is 0.505. The molecule has 0 saturated carbocycles. The highest BCUT2D eigenvalue weighted by molar-refractivity contribution is 7.09. The topological polar surface area (TPSA) is 45.2 Å². The number of aromatic nitrogens is 1. The monoisotopic (exact) mass is 349 g/mol. The number of rotatable bonds is 5. The summed E-state index contributed by atoms with van der Waals surface area (Å²) in [6.07, 6.45) is -1.71. The molecule has 0 spiro atoms. The fourth-order valence-electron chi connectivity index (χ4n) is 2.72. The lowest BCUT2D eigenvalue weighted by atomic mass is 10.0. The van der Waals surface area contributed by atoms with Gasteiger partial charge in [-0.05, 0) is 25.2 Å². The zero-order valence-corrected chi connectivity index (χ0v) is 14.1. The van der Waals surface area contributed by atoms with Gasteiger partial charge in [0.05, 0.1) is 12.6 Å². The third kappa shape index (κ3) is 4.91. The highest BCUT2D eigenvalue weighted by atomic mass is 32.1. The van der Waals surface area contributed by atoms with Crippen molar-refractivity contribution < 1.29 is 18.0 Å². The van der Waals surface area contributed by atoms with E-state index in [1.807, 2.05) is 11.8 Å². The van der Waals surface area contributed by atoms with Crippen LogP contribution in [0.1, 0.15) is 49.9 Å². The van der Waals surface area contributed by atoms with Gasteiger partial charge in [0.15, 0.2) is 5.69 Å². The van der Waals surface area contributed by atoms with Gasteiger partial charge in [0.25, 0.3) is 0 Å². The summed E-state index contributed by atoms with van der Waals surface area (Å²) in [6.45, 7) is 5.63. The quantitative estimate of drug-likeness (QED) is 0.885. The largest absolute Gasteiger partial charge is 0.434 e. The lowest BCUT2D eigenvalue weighted by Crippen LogP contribution is -2.44. The average Bonchev–Trinajstić information content (AvgIpc) is 2.97. The number of carbonyl (C=O) groups excluding carboxylic acids is 1. The minimum atomic E-state index is -4.42. The van der Waals surface area contributed by atoms with Gasteiger partial charge in [-0.2, -0.15) is 13.2 Å². The van der Waals surface area contributed by atoms with Crippen LogP contribution < -0.4 is 5.32 Å². The minimum Gasteiger partial charge on any atom is -0.341 e. The van der Waals surface area contributed by atoms with E-state index in [2.05, 4.69) is 17.2 Å². The molecule has 1 N–H and O–H groups in total. The van der Waals surface area contributed by atoms with Gasteiger partial charge in [-0.3, -0.25) is 10.1 Å². The molecule has 8 heteroatoms. The van der Waals surface area contributed by atoms with Crippen LogP contribution in [0, 0.1) is 5.92 Å². The number of thiazole rings is 1. The zero-order chi connectivity index (χ0) is 17.0. The maximum absolute atomic E-state index is 12.6. The third-order valence-electron chi connectivity index (χ3n) is 4.03. The van der Waals surface area contributed by atoms with E-state index < -0.39 is 11.9 Å². The molecule has 130 valence electrons. The van der Waals surface area contributed by atoms with Crippen LogP contribution in [0.15, 0.2) is 5.38 Å². The Labute approximate surface area is 138 Å². The molecule has 2 rings (SSSR count). The smallest absolute Gasteiger partial charge is 0.341 e. The van der Waals surface area contributed by atoms with Crippen molar-refractivity contribution in [3.63, 3.8) is 0 Å². The Morgan fingerprint density at radius 2 is 2.30 bits per heavy atom. The number of amides is 1. The van der Waals surface area contributed by atoms with E-state index in [1.165, 1.54) is 0 Å². The molecule has 0 bridgehead atoms. The van der Waals surface area contributed by atoms with Crippen LogP contribution in [0.5, 0.6) is 0 Å². The molecular weight excluding hydrogens is 327 g/mol. The van der Waals surface area contributed by atoms with Gasteiger partial charge < -0.3 is 4.90 Å². The maximum atomic E-state index is 12.6. The molecule has 1 aromatic heterocycles. The summed E-state index contributed by atoms with van der Waals surface area (Å²) in [5.41, 5.74) is -0.867. The normalized spacial score (nSPS) is 20.6. The van der Waals surface area contributed by atoms with E-state index >= 15 is 0 Å². The third-order valence-corrected chi connectivity index (χ3v) is 4.99. The summed E-state index contributed by atoms with van der Waals surface area (Å²) in [5, 5.41) is 4.45. The second-order valence-electron chi connectivity index (χ2n) is 6.00. The Balaban J connectivity index is 1.92. The Hall–Kier alpha value is -1.15. The van der Waals surface area contributed by atoms with Crippen LogP contribution in [0.3, 0.4) is 0 Å².